The average Bonchev–Trinajstić information content (AvgIpc) is 2.12. The molecule has 2 N–H and O–H groups in total. The van der Waals surface area contributed by atoms with E-state index in [1.54, 1.807) is 6.92 Å². The molecular weight excluding hydrogens is 170 g/mol. The maximum atomic E-state index is 11.0. The number of carbonyl (C=O) groups is 1. The lowest BCUT2D eigenvalue weighted by Crippen LogP contribution is -2.33. The van der Waals surface area contributed by atoms with E-state index in [4.69, 9.17) is 15.2 Å². The highest BCUT2D eigenvalue weighted by atomic mass is 16.5. The first-order valence-corrected chi connectivity index (χ1v) is 4.72. The van der Waals surface area contributed by atoms with Gasteiger partial charge in [0.1, 0.15) is 6.04 Å². The third kappa shape index (κ3) is 6.54. The van der Waals surface area contributed by atoms with Crippen molar-refractivity contribution in [2.24, 2.45) is 5.73 Å². The lowest BCUT2D eigenvalue weighted by molar-refractivity contribution is -0.145. The molecule has 0 saturated heterocycles. The predicted molar refractivity (Wildman–Crippen MR) is 50.3 cm³/mol. The first-order valence-electron chi connectivity index (χ1n) is 4.72. The Bertz CT molecular complexity index is 139. The van der Waals surface area contributed by atoms with Crippen LogP contribution in [0.1, 0.15) is 26.7 Å². The highest BCUT2D eigenvalue weighted by Gasteiger charge is 2.13. The van der Waals surface area contributed by atoms with Gasteiger partial charge in [-0.3, -0.25) is 4.79 Å². The van der Waals surface area contributed by atoms with E-state index < -0.39 is 6.04 Å². The van der Waals surface area contributed by atoms with Crippen molar-refractivity contribution in [1.82, 2.24) is 0 Å². The molecule has 0 aliphatic carbocycles. The number of ether oxygens (including phenoxy) is 2. The minimum atomic E-state index is -0.545. The molecule has 0 fully saturated rings. The summed E-state index contributed by atoms with van der Waals surface area (Å²) in [5, 5.41) is 0. The summed E-state index contributed by atoms with van der Waals surface area (Å²) in [6.45, 7) is 5.41. The zero-order valence-electron chi connectivity index (χ0n) is 8.41. The SMILES string of the molecule is CCCOCC[C@H](N)C(=O)OCC. The van der Waals surface area contributed by atoms with Gasteiger partial charge in [-0.25, -0.2) is 0 Å². The van der Waals surface area contributed by atoms with E-state index in [0.29, 0.717) is 19.6 Å². The van der Waals surface area contributed by atoms with Crippen LogP contribution in [0.15, 0.2) is 0 Å². The smallest absolute Gasteiger partial charge is 0.322 e. The highest BCUT2D eigenvalue weighted by Crippen LogP contribution is 1.93. The van der Waals surface area contributed by atoms with Gasteiger partial charge in [0.25, 0.3) is 0 Å². The Morgan fingerprint density at radius 2 is 2.08 bits per heavy atom. The van der Waals surface area contributed by atoms with Gasteiger partial charge in [-0.2, -0.15) is 0 Å². The number of hydrogen-bond donors (Lipinski definition) is 1. The minimum absolute atomic E-state index is 0.345. The third-order valence-corrected chi connectivity index (χ3v) is 1.51. The second kappa shape index (κ2) is 8.01. The van der Waals surface area contributed by atoms with E-state index in [9.17, 15) is 4.79 Å². The van der Waals surface area contributed by atoms with E-state index in [-0.39, 0.29) is 5.97 Å². The quantitative estimate of drug-likeness (QED) is 0.473. The molecule has 78 valence electrons. The molecular formula is C9H19NO3. The summed E-state index contributed by atoms with van der Waals surface area (Å²) in [4.78, 5) is 11.0. The summed E-state index contributed by atoms with van der Waals surface area (Å²) >= 11 is 0. The van der Waals surface area contributed by atoms with Crippen molar-refractivity contribution < 1.29 is 14.3 Å². The number of hydrogen-bond acceptors (Lipinski definition) is 4. The average molecular weight is 189 g/mol. The summed E-state index contributed by atoms with van der Waals surface area (Å²) in [5.74, 6) is -0.345. The van der Waals surface area contributed by atoms with Crippen LogP contribution in [-0.2, 0) is 14.3 Å². The summed E-state index contributed by atoms with van der Waals surface area (Å²) in [7, 11) is 0. The summed E-state index contributed by atoms with van der Waals surface area (Å²) in [6, 6.07) is -0.545. The fraction of sp³-hybridized carbons (Fsp3) is 0.889. The van der Waals surface area contributed by atoms with Gasteiger partial charge in [-0.1, -0.05) is 6.92 Å². The fourth-order valence-electron chi connectivity index (χ4n) is 0.824. The van der Waals surface area contributed by atoms with E-state index >= 15 is 0 Å². The number of esters is 1. The molecule has 0 saturated carbocycles. The Labute approximate surface area is 79.4 Å². The van der Waals surface area contributed by atoms with Crippen molar-refractivity contribution >= 4 is 5.97 Å². The molecule has 0 unspecified atom stereocenters. The van der Waals surface area contributed by atoms with Crippen LogP contribution < -0.4 is 5.73 Å². The number of rotatable bonds is 7. The molecule has 0 aromatic carbocycles. The Kier molecular flexibility index (Phi) is 7.63. The highest BCUT2D eigenvalue weighted by molar-refractivity contribution is 5.75. The molecule has 4 heteroatoms. The Hall–Kier alpha value is -0.610. The van der Waals surface area contributed by atoms with Crippen LogP contribution in [0.4, 0.5) is 0 Å². The molecule has 0 aliphatic rings. The zero-order chi connectivity index (χ0) is 10.1. The van der Waals surface area contributed by atoms with Crippen molar-refractivity contribution in [2.45, 2.75) is 32.7 Å². The molecule has 0 amide bonds. The van der Waals surface area contributed by atoms with Gasteiger partial charge in [0.15, 0.2) is 0 Å². The third-order valence-electron chi connectivity index (χ3n) is 1.51. The Morgan fingerprint density at radius 3 is 2.62 bits per heavy atom. The largest absolute Gasteiger partial charge is 0.465 e. The predicted octanol–water partition coefficient (Wildman–Crippen LogP) is 0.694. The van der Waals surface area contributed by atoms with Gasteiger partial charge in [0.2, 0.25) is 0 Å². The van der Waals surface area contributed by atoms with E-state index in [1.807, 2.05) is 6.92 Å². The molecule has 0 spiro atoms. The first kappa shape index (κ1) is 12.4. The lowest BCUT2D eigenvalue weighted by atomic mass is 10.2. The molecule has 0 radical (unpaired) electrons. The maximum absolute atomic E-state index is 11.0. The minimum Gasteiger partial charge on any atom is -0.465 e. The van der Waals surface area contributed by atoms with Gasteiger partial charge in [0.05, 0.1) is 6.61 Å². The molecule has 0 heterocycles. The van der Waals surface area contributed by atoms with E-state index in [2.05, 4.69) is 0 Å². The van der Waals surface area contributed by atoms with Crippen LogP contribution in [0.2, 0.25) is 0 Å². The van der Waals surface area contributed by atoms with Gasteiger partial charge < -0.3 is 15.2 Å². The number of nitrogens with two attached hydrogens (primary N) is 1. The molecule has 0 aromatic heterocycles. The van der Waals surface area contributed by atoms with Crippen molar-refractivity contribution in [2.75, 3.05) is 19.8 Å². The molecule has 0 bridgehead atoms. The molecule has 4 nitrogen and oxygen atoms in total. The second-order valence-electron chi connectivity index (χ2n) is 2.76. The number of carbonyl (C=O) groups excluding carboxylic acids is 1. The van der Waals surface area contributed by atoms with Crippen molar-refractivity contribution in [3.63, 3.8) is 0 Å². The van der Waals surface area contributed by atoms with Gasteiger partial charge in [-0.15, -0.1) is 0 Å². The van der Waals surface area contributed by atoms with Gasteiger partial charge in [0, 0.05) is 13.2 Å². The first-order chi connectivity index (χ1) is 6.22. The molecule has 1 atom stereocenters. The normalized spacial score (nSPS) is 12.5. The van der Waals surface area contributed by atoms with Crippen LogP contribution in [0, 0.1) is 0 Å². The van der Waals surface area contributed by atoms with E-state index in [1.165, 1.54) is 0 Å². The Morgan fingerprint density at radius 1 is 1.38 bits per heavy atom. The summed E-state index contributed by atoms with van der Waals surface area (Å²) < 4.78 is 9.94. The van der Waals surface area contributed by atoms with Gasteiger partial charge >= 0.3 is 5.97 Å². The van der Waals surface area contributed by atoms with Crippen LogP contribution in [0.25, 0.3) is 0 Å². The van der Waals surface area contributed by atoms with Crippen LogP contribution in [0.3, 0.4) is 0 Å². The topological polar surface area (TPSA) is 61.5 Å². The van der Waals surface area contributed by atoms with E-state index in [0.717, 1.165) is 13.0 Å². The maximum Gasteiger partial charge on any atom is 0.322 e. The van der Waals surface area contributed by atoms with Crippen LogP contribution >= 0.6 is 0 Å². The lowest BCUT2D eigenvalue weighted by Gasteiger charge is -2.09. The molecule has 0 aliphatic heterocycles. The monoisotopic (exact) mass is 189 g/mol. The van der Waals surface area contributed by atoms with Crippen molar-refractivity contribution in [3.05, 3.63) is 0 Å². The van der Waals surface area contributed by atoms with Gasteiger partial charge in [-0.05, 0) is 19.8 Å². The zero-order valence-corrected chi connectivity index (χ0v) is 8.41. The standard InChI is InChI=1S/C9H19NO3/c1-3-6-12-7-5-8(10)9(11)13-4-2/h8H,3-7,10H2,1-2H3/t8-/m0/s1. The summed E-state index contributed by atoms with van der Waals surface area (Å²) in [5.41, 5.74) is 5.53. The van der Waals surface area contributed by atoms with Crippen LogP contribution in [-0.4, -0.2) is 31.8 Å². The van der Waals surface area contributed by atoms with Crippen LogP contribution in [0.5, 0.6) is 0 Å². The summed E-state index contributed by atoms with van der Waals surface area (Å²) in [6.07, 6.45) is 1.51. The van der Waals surface area contributed by atoms with Crippen molar-refractivity contribution in [3.8, 4) is 0 Å². The molecule has 0 aromatic rings. The van der Waals surface area contributed by atoms with Crippen molar-refractivity contribution in [1.29, 1.82) is 0 Å². The molecule has 13 heavy (non-hydrogen) atoms. The molecule has 0 rings (SSSR count). The Balaban J connectivity index is 3.38. The second-order valence-corrected chi connectivity index (χ2v) is 2.76. The fourth-order valence-corrected chi connectivity index (χ4v) is 0.824.